The summed E-state index contributed by atoms with van der Waals surface area (Å²) in [6.07, 6.45) is 1.47. The molecular weight excluding hydrogens is 250 g/mol. The molecule has 1 rings (SSSR count). The molecule has 6 heteroatoms. The average molecular weight is 262 g/mol. The number of carbonyl (C=O) groups excluding carboxylic acids is 3. The first kappa shape index (κ1) is 14.4. The van der Waals surface area contributed by atoms with E-state index >= 15 is 0 Å². The highest BCUT2D eigenvalue weighted by Gasteiger charge is 2.05. The highest BCUT2D eigenvalue weighted by Crippen LogP contribution is 2.10. The molecule has 100 valence electrons. The highest BCUT2D eigenvalue weighted by molar-refractivity contribution is 6.02. The molecule has 0 saturated carbocycles. The first-order valence-corrected chi connectivity index (χ1v) is 5.50. The van der Waals surface area contributed by atoms with E-state index in [2.05, 4.69) is 5.32 Å². The van der Waals surface area contributed by atoms with Crippen molar-refractivity contribution in [3.63, 3.8) is 0 Å². The molecule has 1 aromatic rings. The normalized spacial score (nSPS) is 10.2. The average Bonchev–Trinajstić information content (AvgIpc) is 2.37. The summed E-state index contributed by atoms with van der Waals surface area (Å²) in [6, 6.07) is 6.01. The molecule has 19 heavy (non-hydrogen) atoms. The van der Waals surface area contributed by atoms with Gasteiger partial charge in [-0.2, -0.15) is 0 Å². The van der Waals surface area contributed by atoms with Gasteiger partial charge in [-0.1, -0.05) is 0 Å². The molecule has 0 aliphatic carbocycles. The number of rotatable bonds is 5. The van der Waals surface area contributed by atoms with E-state index in [1.54, 1.807) is 6.92 Å². The second kappa shape index (κ2) is 6.95. The van der Waals surface area contributed by atoms with E-state index in [9.17, 15) is 19.5 Å². The molecule has 0 radical (unpaired) electrons. The molecule has 0 aromatic heterocycles. The van der Waals surface area contributed by atoms with Crippen LogP contribution in [0.2, 0.25) is 0 Å². The maximum Gasteiger partial charge on any atom is 0.338 e. The highest BCUT2D eigenvalue weighted by atomic mass is 16.5. The van der Waals surface area contributed by atoms with Crippen LogP contribution in [0.15, 0.2) is 36.4 Å². The Hall–Kier alpha value is -2.63. The quantitative estimate of drug-likeness (QED) is 0.600. The zero-order valence-corrected chi connectivity index (χ0v) is 10.2. The minimum absolute atomic E-state index is 0.283. The Balaban J connectivity index is 2.64. The standard InChI is InChI=1S/C13H13NO5/c1-2-19-13(18)9-3-5-10(6-4-9)14-11(15)7-8-12(16)17/h3-8H,2H2,1H3,(H,14,15)(H,16,17)/p-1. The molecule has 1 amide bonds. The third-order valence-corrected chi connectivity index (χ3v) is 2.03. The van der Waals surface area contributed by atoms with Crippen LogP contribution in [0.4, 0.5) is 5.69 Å². The summed E-state index contributed by atoms with van der Waals surface area (Å²) < 4.78 is 4.80. The second-order valence-corrected chi connectivity index (χ2v) is 3.44. The Kier molecular flexibility index (Phi) is 5.28. The van der Waals surface area contributed by atoms with Crippen LogP contribution in [0.25, 0.3) is 0 Å². The summed E-state index contributed by atoms with van der Waals surface area (Å²) in [6.45, 7) is 1.99. The van der Waals surface area contributed by atoms with Crippen LogP contribution in [-0.4, -0.2) is 24.5 Å². The van der Waals surface area contributed by atoms with Gasteiger partial charge in [-0.25, -0.2) is 4.79 Å². The van der Waals surface area contributed by atoms with Crippen molar-refractivity contribution in [2.75, 3.05) is 11.9 Å². The molecule has 1 aromatic carbocycles. The van der Waals surface area contributed by atoms with Crippen LogP contribution >= 0.6 is 0 Å². The first-order chi connectivity index (χ1) is 9.02. The van der Waals surface area contributed by atoms with Crippen LogP contribution in [0, 0.1) is 0 Å². The van der Waals surface area contributed by atoms with Gasteiger partial charge in [0.2, 0.25) is 5.91 Å². The molecule has 0 fully saturated rings. The number of hydrogen-bond acceptors (Lipinski definition) is 5. The van der Waals surface area contributed by atoms with Crippen molar-refractivity contribution >= 4 is 23.5 Å². The Morgan fingerprint density at radius 2 is 1.84 bits per heavy atom. The predicted molar refractivity (Wildman–Crippen MR) is 65.2 cm³/mol. The van der Waals surface area contributed by atoms with Crippen LogP contribution in [0.3, 0.4) is 0 Å². The van der Waals surface area contributed by atoms with Crippen molar-refractivity contribution < 1.29 is 24.2 Å². The van der Waals surface area contributed by atoms with Gasteiger partial charge in [0.25, 0.3) is 0 Å². The van der Waals surface area contributed by atoms with E-state index in [0.29, 0.717) is 17.3 Å². The third-order valence-electron chi connectivity index (χ3n) is 2.03. The smallest absolute Gasteiger partial charge is 0.338 e. The fourth-order valence-corrected chi connectivity index (χ4v) is 1.23. The van der Waals surface area contributed by atoms with E-state index in [-0.39, 0.29) is 6.61 Å². The van der Waals surface area contributed by atoms with Crippen LogP contribution in [-0.2, 0) is 14.3 Å². The third kappa shape index (κ3) is 5.03. The SMILES string of the molecule is CCOC(=O)c1ccc(NC(=O)C=CC(=O)[O-])cc1. The van der Waals surface area contributed by atoms with Crippen molar-refractivity contribution in [2.24, 2.45) is 0 Å². The molecule has 1 N–H and O–H groups in total. The van der Waals surface area contributed by atoms with Gasteiger partial charge < -0.3 is 20.0 Å². The van der Waals surface area contributed by atoms with Crippen LogP contribution < -0.4 is 10.4 Å². The van der Waals surface area contributed by atoms with Crippen LogP contribution in [0.1, 0.15) is 17.3 Å². The molecular formula is C13H12NO5-. The predicted octanol–water partition coefficient (Wildman–Crippen LogP) is 0.108. The van der Waals surface area contributed by atoms with Gasteiger partial charge in [-0.15, -0.1) is 0 Å². The van der Waals surface area contributed by atoms with E-state index in [1.807, 2.05) is 0 Å². The van der Waals surface area contributed by atoms with Crippen molar-refractivity contribution in [1.29, 1.82) is 0 Å². The van der Waals surface area contributed by atoms with Gasteiger partial charge >= 0.3 is 5.97 Å². The number of esters is 1. The fraction of sp³-hybridized carbons (Fsp3) is 0.154. The lowest BCUT2D eigenvalue weighted by molar-refractivity contribution is -0.297. The van der Waals surface area contributed by atoms with Gasteiger partial charge in [-0.05, 0) is 37.3 Å². The van der Waals surface area contributed by atoms with Gasteiger partial charge in [-0.3, -0.25) is 4.79 Å². The molecule has 0 aliphatic rings. The van der Waals surface area contributed by atoms with Crippen molar-refractivity contribution in [3.8, 4) is 0 Å². The molecule has 6 nitrogen and oxygen atoms in total. The number of benzene rings is 1. The van der Waals surface area contributed by atoms with Crippen LogP contribution in [0.5, 0.6) is 0 Å². The van der Waals surface area contributed by atoms with E-state index in [1.165, 1.54) is 24.3 Å². The number of carbonyl (C=O) groups is 3. The van der Waals surface area contributed by atoms with Crippen molar-refractivity contribution in [2.45, 2.75) is 6.92 Å². The van der Waals surface area contributed by atoms with Gasteiger partial charge in [0, 0.05) is 11.8 Å². The summed E-state index contributed by atoms with van der Waals surface area (Å²) >= 11 is 0. The van der Waals surface area contributed by atoms with Gasteiger partial charge in [0.15, 0.2) is 0 Å². The summed E-state index contributed by atoms with van der Waals surface area (Å²) in [5, 5.41) is 12.5. The maximum atomic E-state index is 11.4. The molecule has 0 aliphatic heterocycles. The summed E-state index contributed by atoms with van der Waals surface area (Å²) in [4.78, 5) is 32.7. The number of aliphatic carboxylic acids is 1. The monoisotopic (exact) mass is 262 g/mol. The Labute approximate surface area is 109 Å². The van der Waals surface area contributed by atoms with Crippen molar-refractivity contribution in [3.05, 3.63) is 42.0 Å². The summed E-state index contributed by atoms with van der Waals surface area (Å²) in [5.74, 6) is -2.50. The molecule has 0 atom stereocenters. The fourth-order valence-electron chi connectivity index (χ4n) is 1.23. The van der Waals surface area contributed by atoms with Crippen molar-refractivity contribution in [1.82, 2.24) is 0 Å². The van der Waals surface area contributed by atoms with E-state index in [4.69, 9.17) is 4.74 Å². The molecule has 0 heterocycles. The Morgan fingerprint density at radius 3 is 2.37 bits per heavy atom. The number of ether oxygens (including phenoxy) is 1. The summed E-state index contributed by atoms with van der Waals surface area (Å²) in [7, 11) is 0. The number of anilines is 1. The number of amides is 1. The lowest BCUT2D eigenvalue weighted by Crippen LogP contribution is -2.20. The number of carboxylic acid groups (broad SMARTS) is 1. The minimum Gasteiger partial charge on any atom is -0.545 e. The van der Waals surface area contributed by atoms with Gasteiger partial charge in [0.1, 0.15) is 0 Å². The Bertz CT molecular complexity index is 504. The zero-order valence-electron chi connectivity index (χ0n) is 10.2. The van der Waals surface area contributed by atoms with E-state index < -0.39 is 17.8 Å². The summed E-state index contributed by atoms with van der Waals surface area (Å²) in [5.41, 5.74) is 0.797. The molecule has 0 spiro atoms. The maximum absolute atomic E-state index is 11.4. The lowest BCUT2D eigenvalue weighted by atomic mass is 10.2. The van der Waals surface area contributed by atoms with E-state index in [0.717, 1.165) is 6.08 Å². The minimum atomic E-state index is -1.45. The largest absolute Gasteiger partial charge is 0.545 e. The first-order valence-electron chi connectivity index (χ1n) is 5.50. The Morgan fingerprint density at radius 1 is 1.21 bits per heavy atom. The zero-order chi connectivity index (χ0) is 14.3. The molecule has 0 saturated heterocycles. The number of carboxylic acids is 1. The second-order valence-electron chi connectivity index (χ2n) is 3.44. The molecule has 0 unspecified atom stereocenters. The number of nitrogens with one attached hydrogen (secondary N) is 1. The van der Waals surface area contributed by atoms with Gasteiger partial charge in [0.05, 0.1) is 18.1 Å². The lowest BCUT2D eigenvalue weighted by Gasteiger charge is -2.04. The topological polar surface area (TPSA) is 95.5 Å². The molecule has 0 bridgehead atoms. The number of hydrogen-bond donors (Lipinski definition) is 1.